The minimum absolute atomic E-state index is 0.0178. The number of carbonyl (C=O) groups excluding carboxylic acids is 1. The molecule has 5 rings (SSSR count). The zero-order valence-electron chi connectivity index (χ0n) is 24.2. The van der Waals surface area contributed by atoms with Crippen molar-refractivity contribution in [2.75, 3.05) is 13.1 Å². The first-order valence-corrected chi connectivity index (χ1v) is 16.4. The van der Waals surface area contributed by atoms with E-state index in [9.17, 15) is 13.2 Å². The smallest absolute Gasteiger partial charge is 0.410 e. The molecule has 2 aliphatic rings. The molecule has 3 aromatic rings. The Morgan fingerprint density at radius 2 is 1.71 bits per heavy atom. The fraction of sp³-hybridized carbons (Fsp3) is 0.455. The van der Waals surface area contributed by atoms with Gasteiger partial charge < -0.3 is 14.4 Å². The second kappa shape index (κ2) is 12.2. The molecule has 0 radical (unpaired) electrons. The Morgan fingerprint density at radius 1 is 0.976 bits per heavy atom. The lowest BCUT2D eigenvalue weighted by molar-refractivity contribution is -0.0192. The molecule has 0 N–H and O–H groups in total. The molecule has 1 atom stereocenters. The molecule has 1 amide bonds. The monoisotopic (exact) mass is 576 g/mol. The maximum atomic E-state index is 12.7. The van der Waals surface area contributed by atoms with Gasteiger partial charge in [-0.2, -0.15) is 0 Å². The Morgan fingerprint density at radius 3 is 2.39 bits per heavy atom. The van der Waals surface area contributed by atoms with Gasteiger partial charge in [0, 0.05) is 32.1 Å². The quantitative estimate of drug-likeness (QED) is 0.301. The number of pyridine rings is 1. The van der Waals surface area contributed by atoms with Gasteiger partial charge in [-0.3, -0.25) is 4.98 Å². The summed E-state index contributed by atoms with van der Waals surface area (Å²) < 4.78 is 37.6. The summed E-state index contributed by atoms with van der Waals surface area (Å²) in [5.41, 5.74) is 4.38. The maximum Gasteiger partial charge on any atom is 0.410 e. The predicted octanol–water partition coefficient (Wildman–Crippen LogP) is 6.59. The van der Waals surface area contributed by atoms with E-state index >= 15 is 0 Å². The third-order valence-corrected chi connectivity index (χ3v) is 9.55. The molecule has 1 saturated heterocycles. The topological polar surface area (TPSA) is 85.8 Å². The molecule has 1 aromatic heterocycles. The van der Waals surface area contributed by atoms with Gasteiger partial charge in [0.05, 0.1) is 17.2 Å². The van der Waals surface area contributed by atoms with Gasteiger partial charge in [0.15, 0.2) is 9.84 Å². The highest BCUT2D eigenvalue weighted by Gasteiger charge is 2.41. The number of benzene rings is 2. The molecule has 218 valence electrons. The van der Waals surface area contributed by atoms with Crippen LogP contribution in [0.5, 0.6) is 5.75 Å². The molecule has 1 fully saturated rings. The van der Waals surface area contributed by atoms with Gasteiger partial charge in [-0.15, -0.1) is 0 Å². The van der Waals surface area contributed by atoms with Crippen molar-refractivity contribution in [1.82, 2.24) is 9.88 Å². The summed E-state index contributed by atoms with van der Waals surface area (Å²) in [5.74, 6) is 1.32. The van der Waals surface area contributed by atoms with Crippen molar-refractivity contribution in [3.05, 3.63) is 83.7 Å². The molecule has 41 heavy (non-hydrogen) atoms. The number of likely N-dealkylation sites (tertiary alicyclic amines) is 1. The SMILES string of the molecule is CC(C)CC(C)OC(=O)N1CCC2(CCc3cc(-c4ccc(CS(=O)(=O)Cc5ccccn5)cc4)ccc3O2)CC1. The minimum Gasteiger partial charge on any atom is -0.487 e. The lowest BCUT2D eigenvalue weighted by atomic mass is 9.82. The van der Waals surface area contributed by atoms with Crippen LogP contribution in [0.3, 0.4) is 0 Å². The Balaban J connectivity index is 1.17. The van der Waals surface area contributed by atoms with Crippen molar-refractivity contribution in [3.63, 3.8) is 0 Å². The predicted molar refractivity (Wildman–Crippen MR) is 160 cm³/mol. The standard InChI is InChI=1S/C33H40N2O5S/c1-24(2)20-25(3)39-32(36)35-18-15-33(16-19-35)14-13-29-21-28(11-12-31(29)40-33)27-9-7-26(8-10-27)22-41(37,38)23-30-6-4-5-17-34-30/h4-12,17,21,24-25H,13-16,18-20,22-23H2,1-3H3. The van der Waals surface area contributed by atoms with Crippen molar-refractivity contribution >= 4 is 15.9 Å². The highest BCUT2D eigenvalue weighted by atomic mass is 32.2. The Kier molecular flexibility index (Phi) is 8.68. The number of aromatic nitrogens is 1. The Bertz CT molecular complexity index is 1450. The first kappa shape index (κ1) is 29.1. The van der Waals surface area contributed by atoms with Crippen molar-refractivity contribution in [1.29, 1.82) is 0 Å². The van der Waals surface area contributed by atoms with Crippen LogP contribution in [0.4, 0.5) is 4.79 Å². The van der Waals surface area contributed by atoms with Crippen LogP contribution >= 0.6 is 0 Å². The van der Waals surface area contributed by atoms with E-state index in [4.69, 9.17) is 9.47 Å². The molecule has 1 spiro atoms. The molecular formula is C33H40N2O5S. The first-order valence-electron chi connectivity index (χ1n) is 14.6. The van der Waals surface area contributed by atoms with Crippen LogP contribution in [0.2, 0.25) is 0 Å². The van der Waals surface area contributed by atoms with Gasteiger partial charge >= 0.3 is 6.09 Å². The summed E-state index contributed by atoms with van der Waals surface area (Å²) >= 11 is 0. The van der Waals surface area contributed by atoms with Crippen molar-refractivity contribution in [2.45, 2.75) is 76.1 Å². The lowest BCUT2D eigenvalue weighted by Crippen LogP contribution is -2.51. The summed E-state index contributed by atoms with van der Waals surface area (Å²) in [5, 5.41) is 0. The van der Waals surface area contributed by atoms with Crippen LogP contribution in [-0.2, 0) is 32.5 Å². The van der Waals surface area contributed by atoms with Gasteiger partial charge in [-0.05, 0) is 78.6 Å². The fourth-order valence-electron chi connectivity index (χ4n) is 5.92. The van der Waals surface area contributed by atoms with E-state index in [0.717, 1.165) is 54.5 Å². The Hall–Kier alpha value is -3.39. The minimum atomic E-state index is -3.32. The van der Waals surface area contributed by atoms with E-state index in [0.29, 0.717) is 24.7 Å². The summed E-state index contributed by atoms with van der Waals surface area (Å²) in [6, 6.07) is 19.3. The van der Waals surface area contributed by atoms with Crippen molar-refractivity contribution < 1.29 is 22.7 Å². The zero-order valence-corrected chi connectivity index (χ0v) is 25.0. The summed E-state index contributed by atoms with van der Waals surface area (Å²) in [4.78, 5) is 18.6. The van der Waals surface area contributed by atoms with Crippen LogP contribution in [0, 0.1) is 5.92 Å². The van der Waals surface area contributed by atoms with Gasteiger partial charge in [0.25, 0.3) is 0 Å². The second-order valence-corrected chi connectivity index (χ2v) is 14.0. The van der Waals surface area contributed by atoms with Gasteiger partial charge in [-0.25, -0.2) is 13.2 Å². The average molecular weight is 577 g/mol. The molecule has 1 unspecified atom stereocenters. The molecule has 2 aliphatic heterocycles. The zero-order chi connectivity index (χ0) is 29.0. The highest BCUT2D eigenvalue weighted by molar-refractivity contribution is 7.89. The fourth-order valence-corrected chi connectivity index (χ4v) is 7.34. The van der Waals surface area contributed by atoms with E-state index in [-0.39, 0.29) is 29.3 Å². The number of fused-ring (bicyclic) bond motifs is 1. The Labute approximate surface area is 243 Å². The number of amides is 1. The van der Waals surface area contributed by atoms with E-state index in [1.807, 2.05) is 42.2 Å². The molecular weight excluding hydrogens is 536 g/mol. The third-order valence-electron chi connectivity index (χ3n) is 8.04. The number of sulfone groups is 1. The summed E-state index contributed by atoms with van der Waals surface area (Å²) in [7, 11) is -3.32. The number of rotatable bonds is 8. The number of carbonyl (C=O) groups is 1. The molecule has 2 aromatic carbocycles. The first-order chi connectivity index (χ1) is 19.6. The van der Waals surface area contributed by atoms with Gasteiger partial charge in [0.2, 0.25) is 0 Å². The van der Waals surface area contributed by atoms with E-state index in [1.54, 1.807) is 24.4 Å². The van der Waals surface area contributed by atoms with E-state index in [1.165, 1.54) is 5.56 Å². The summed E-state index contributed by atoms with van der Waals surface area (Å²) in [6.45, 7) is 7.51. The molecule has 0 aliphatic carbocycles. The van der Waals surface area contributed by atoms with E-state index in [2.05, 4.69) is 31.0 Å². The van der Waals surface area contributed by atoms with Crippen LogP contribution in [0.1, 0.15) is 63.3 Å². The number of hydrogen-bond acceptors (Lipinski definition) is 6. The third kappa shape index (κ3) is 7.47. The summed E-state index contributed by atoms with van der Waals surface area (Å²) in [6.07, 6.45) is 5.62. The largest absolute Gasteiger partial charge is 0.487 e. The molecule has 0 saturated carbocycles. The second-order valence-electron chi connectivity index (χ2n) is 12.0. The van der Waals surface area contributed by atoms with Crippen LogP contribution < -0.4 is 4.74 Å². The van der Waals surface area contributed by atoms with Crippen LogP contribution in [0.25, 0.3) is 11.1 Å². The normalized spacial score (nSPS) is 17.1. The molecule has 0 bridgehead atoms. The lowest BCUT2D eigenvalue weighted by Gasteiger charge is -2.44. The number of nitrogens with zero attached hydrogens (tertiary/aromatic N) is 2. The van der Waals surface area contributed by atoms with Crippen LogP contribution in [-0.4, -0.2) is 49.2 Å². The number of aryl methyl sites for hydroxylation is 1. The van der Waals surface area contributed by atoms with Crippen molar-refractivity contribution in [3.8, 4) is 16.9 Å². The van der Waals surface area contributed by atoms with Crippen molar-refractivity contribution in [2.24, 2.45) is 5.92 Å². The number of piperidine rings is 1. The van der Waals surface area contributed by atoms with E-state index < -0.39 is 9.84 Å². The van der Waals surface area contributed by atoms with Crippen LogP contribution in [0.15, 0.2) is 66.9 Å². The van der Waals surface area contributed by atoms with Gasteiger partial charge in [0.1, 0.15) is 17.5 Å². The molecule has 8 heteroatoms. The maximum absolute atomic E-state index is 12.7. The molecule has 3 heterocycles. The van der Waals surface area contributed by atoms with Gasteiger partial charge in [-0.1, -0.05) is 50.2 Å². The number of hydrogen-bond donors (Lipinski definition) is 0. The average Bonchev–Trinajstić information content (AvgIpc) is 2.93. The highest BCUT2D eigenvalue weighted by Crippen LogP contribution is 2.41. The molecule has 7 nitrogen and oxygen atoms in total. The number of ether oxygens (including phenoxy) is 2.